The quantitative estimate of drug-likeness (QED) is 0.775. The zero-order valence-electron chi connectivity index (χ0n) is 15.4. The summed E-state index contributed by atoms with van der Waals surface area (Å²) in [5, 5.41) is 4.73. The highest BCUT2D eigenvalue weighted by molar-refractivity contribution is 7.90. The van der Waals surface area contributed by atoms with Crippen LogP contribution in [0.2, 0.25) is 0 Å². The lowest BCUT2D eigenvalue weighted by molar-refractivity contribution is -0.128. The maximum Gasteiger partial charge on any atom is 0.231 e. The first-order chi connectivity index (χ1) is 13.3. The molecule has 2 aliphatic rings. The maximum absolute atomic E-state index is 12.5. The van der Waals surface area contributed by atoms with E-state index >= 15 is 0 Å². The molecule has 0 unspecified atom stereocenters. The first-order valence-electron chi connectivity index (χ1n) is 9.16. The van der Waals surface area contributed by atoms with Crippen LogP contribution in [-0.4, -0.2) is 42.7 Å². The van der Waals surface area contributed by atoms with Crippen LogP contribution >= 0.6 is 11.3 Å². The number of carbonyl (C=O) groups is 2. The zero-order valence-corrected chi connectivity index (χ0v) is 17.1. The number of likely N-dealkylation sites (tertiary alicyclic amines) is 1. The van der Waals surface area contributed by atoms with Gasteiger partial charge in [-0.2, -0.15) is 0 Å². The van der Waals surface area contributed by atoms with E-state index < -0.39 is 9.84 Å². The van der Waals surface area contributed by atoms with E-state index in [1.165, 1.54) is 11.3 Å². The zero-order chi connectivity index (χ0) is 19.9. The van der Waals surface area contributed by atoms with Crippen molar-refractivity contribution in [1.29, 1.82) is 0 Å². The van der Waals surface area contributed by atoms with Gasteiger partial charge in [-0.25, -0.2) is 13.4 Å². The normalized spacial score (nSPS) is 19.8. The van der Waals surface area contributed by atoms with E-state index in [0.29, 0.717) is 23.4 Å². The van der Waals surface area contributed by atoms with Crippen LogP contribution in [-0.2, 0) is 25.2 Å². The number of hydrogen-bond acceptors (Lipinski definition) is 6. The Hall–Kier alpha value is -2.26. The molecule has 0 bridgehead atoms. The van der Waals surface area contributed by atoms with Crippen molar-refractivity contribution in [2.45, 2.75) is 42.9 Å². The van der Waals surface area contributed by atoms with Crippen molar-refractivity contribution < 1.29 is 18.0 Å². The van der Waals surface area contributed by atoms with Crippen LogP contribution in [0.25, 0.3) is 0 Å². The number of nitrogens with zero attached hydrogens (tertiary/aromatic N) is 2. The van der Waals surface area contributed by atoms with Crippen molar-refractivity contribution >= 4 is 38.1 Å². The minimum Gasteiger partial charge on any atom is -0.339 e. The third-order valence-electron chi connectivity index (χ3n) is 5.02. The van der Waals surface area contributed by atoms with Gasteiger partial charge in [-0.3, -0.25) is 9.59 Å². The van der Waals surface area contributed by atoms with E-state index in [4.69, 9.17) is 0 Å². The van der Waals surface area contributed by atoms with Crippen molar-refractivity contribution in [2.75, 3.05) is 11.9 Å². The van der Waals surface area contributed by atoms with Crippen molar-refractivity contribution in [3.8, 4) is 0 Å². The topological polar surface area (TPSA) is 96.4 Å². The third kappa shape index (κ3) is 4.10. The molecular weight excluding hydrogens is 398 g/mol. The summed E-state index contributed by atoms with van der Waals surface area (Å²) in [7, 11) is -3.50. The van der Waals surface area contributed by atoms with Crippen LogP contribution in [0.15, 0.2) is 34.5 Å². The average molecular weight is 420 g/mol. The van der Waals surface area contributed by atoms with E-state index in [9.17, 15) is 18.0 Å². The molecule has 1 aliphatic carbocycles. The summed E-state index contributed by atoms with van der Waals surface area (Å²) in [5.41, 5.74) is 1.38. The lowest BCUT2D eigenvalue weighted by atomic mass is 10.1. The van der Waals surface area contributed by atoms with Gasteiger partial charge in [-0.1, -0.05) is 17.7 Å². The second-order valence-electron chi connectivity index (χ2n) is 7.38. The number of carbonyl (C=O) groups excluding carboxylic acids is 2. The van der Waals surface area contributed by atoms with Gasteiger partial charge in [0.2, 0.25) is 11.8 Å². The summed E-state index contributed by atoms with van der Waals surface area (Å²) >= 11 is 1.19. The third-order valence-corrected chi connectivity index (χ3v) is 7.49. The molecule has 7 nitrogen and oxygen atoms in total. The number of benzene rings is 1. The summed E-state index contributed by atoms with van der Waals surface area (Å²) in [4.78, 5) is 30.8. The van der Waals surface area contributed by atoms with Gasteiger partial charge in [-0.15, -0.1) is 11.3 Å². The fourth-order valence-electron chi connectivity index (χ4n) is 3.31. The van der Waals surface area contributed by atoms with E-state index in [0.717, 1.165) is 18.4 Å². The molecule has 2 aromatic rings. The van der Waals surface area contributed by atoms with Gasteiger partial charge in [0.1, 0.15) is 0 Å². The summed E-state index contributed by atoms with van der Waals surface area (Å²) < 4.78 is 25.1. The number of thiazole rings is 1. The summed E-state index contributed by atoms with van der Waals surface area (Å²) in [6.45, 7) is 2.35. The minimum atomic E-state index is -3.50. The molecule has 1 aromatic carbocycles. The molecule has 2 fully saturated rings. The molecule has 1 aliphatic heterocycles. The smallest absolute Gasteiger partial charge is 0.231 e. The van der Waals surface area contributed by atoms with Crippen LogP contribution in [0.5, 0.6) is 0 Å². The number of hydrogen-bond donors (Lipinski definition) is 1. The Balaban J connectivity index is 1.38. The van der Waals surface area contributed by atoms with E-state index in [2.05, 4.69) is 10.3 Å². The Morgan fingerprint density at radius 3 is 2.68 bits per heavy atom. The van der Waals surface area contributed by atoms with Gasteiger partial charge < -0.3 is 10.2 Å². The molecule has 0 spiro atoms. The summed E-state index contributed by atoms with van der Waals surface area (Å²) in [6, 6.07) is 7.00. The van der Waals surface area contributed by atoms with Gasteiger partial charge in [0.25, 0.3) is 0 Å². The summed E-state index contributed by atoms with van der Waals surface area (Å²) in [5.74, 6) is -0.804. The monoisotopic (exact) mass is 419 g/mol. The van der Waals surface area contributed by atoms with Crippen LogP contribution in [0, 0.1) is 12.8 Å². The molecule has 1 atom stereocenters. The molecule has 0 radical (unpaired) electrons. The molecule has 2 amide bonds. The maximum atomic E-state index is 12.5. The van der Waals surface area contributed by atoms with E-state index in [-0.39, 0.29) is 34.8 Å². The number of sulfone groups is 1. The second-order valence-corrected chi connectivity index (χ2v) is 10.2. The first-order valence-corrected chi connectivity index (χ1v) is 11.7. The molecule has 28 heavy (non-hydrogen) atoms. The largest absolute Gasteiger partial charge is 0.339 e. The van der Waals surface area contributed by atoms with Crippen molar-refractivity contribution in [3.63, 3.8) is 0 Å². The number of rotatable bonds is 6. The van der Waals surface area contributed by atoms with Crippen LogP contribution in [0.4, 0.5) is 5.13 Å². The van der Waals surface area contributed by atoms with Gasteiger partial charge in [-0.05, 0) is 31.9 Å². The van der Waals surface area contributed by atoms with Crippen molar-refractivity contribution in [1.82, 2.24) is 9.88 Å². The Bertz CT molecular complexity index is 1010. The molecule has 1 saturated carbocycles. The van der Waals surface area contributed by atoms with E-state index in [1.54, 1.807) is 34.5 Å². The highest BCUT2D eigenvalue weighted by Crippen LogP contribution is 2.33. The fourth-order valence-corrected chi connectivity index (χ4v) is 5.38. The lowest BCUT2D eigenvalue weighted by Gasteiger charge is -2.14. The number of anilines is 1. The van der Waals surface area contributed by atoms with Gasteiger partial charge in [0.15, 0.2) is 15.0 Å². The average Bonchev–Trinajstić information content (AvgIpc) is 3.28. The van der Waals surface area contributed by atoms with Crippen LogP contribution < -0.4 is 5.32 Å². The number of aryl methyl sites for hydroxylation is 1. The van der Waals surface area contributed by atoms with E-state index in [1.807, 2.05) is 6.92 Å². The molecule has 1 N–H and O–H groups in total. The standard InChI is InChI=1S/C19H21N3O4S2/c1-12-2-6-16(7-3-12)28(25,26)11-14-10-27-19(20-14)21-18(24)13-8-17(23)22(9-13)15-4-5-15/h2-3,6-7,10,13,15H,4-5,8-9,11H2,1H3,(H,20,21,24)/t13-/m0/s1. The van der Waals surface area contributed by atoms with Crippen LogP contribution in [0.1, 0.15) is 30.5 Å². The number of aromatic nitrogens is 1. The molecule has 9 heteroatoms. The highest BCUT2D eigenvalue weighted by Gasteiger charge is 2.41. The Morgan fingerprint density at radius 1 is 1.29 bits per heavy atom. The molecule has 4 rings (SSSR count). The second kappa shape index (κ2) is 7.29. The molecular formula is C19H21N3O4S2. The SMILES string of the molecule is Cc1ccc(S(=O)(=O)Cc2csc(NC(=O)[C@H]3CC(=O)N(C4CC4)C3)n2)cc1. The predicted molar refractivity (Wildman–Crippen MR) is 106 cm³/mol. The van der Waals surface area contributed by atoms with Crippen molar-refractivity contribution in [2.24, 2.45) is 5.92 Å². The molecule has 148 valence electrons. The number of nitrogens with one attached hydrogen (secondary N) is 1. The molecule has 1 saturated heterocycles. The van der Waals surface area contributed by atoms with Crippen molar-refractivity contribution in [3.05, 3.63) is 40.9 Å². The minimum absolute atomic E-state index is 0.0340. The molecule has 2 heterocycles. The molecule has 1 aromatic heterocycles. The summed E-state index contributed by atoms with van der Waals surface area (Å²) in [6.07, 6.45) is 2.26. The van der Waals surface area contributed by atoms with Crippen LogP contribution in [0.3, 0.4) is 0 Å². The Labute approximate surface area is 167 Å². The Kier molecular flexibility index (Phi) is 4.96. The van der Waals surface area contributed by atoms with Gasteiger partial charge in [0.05, 0.1) is 22.3 Å². The van der Waals surface area contributed by atoms with Gasteiger partial charge in [0, 0.05) is 24.4 Å². The Morgan fingerprint density at radius 2 is 2.00 bits per heavy atom. The predicted octanol–water partition coefficient (Wildman–Crippen LogP) is 2.37. The fraction of sp³-hybridized carbons (Fsp3) is 0.421. The lowest BCUT2D eigenvalue weighted by Crippen LogP contribution is -2.29. The van der Waals surface area contributed by atoms with Gasteiger partial charge >= 0.3 is 0 Å². The number of amides is 2. The highest BCUT2D eigenvalue weighted by atomic mass is 32.2. The first kappa shape index (κ1) is 19.1.